The lowest BCUT2D eigenvalue weighted by Crippen LogP contribution is -2.41. The normalized spacial score (nSPS) is 20.0. The van der Waals surface area contributed by atoms with Gasteiger partial charge in [0, 0.05) is 18.7 Å². The van der Waals surface area contributed by atoms with Crippen molar-refractivity contribution in [1.29, 1.82) is 0 Å². The zero-order chi connectivity index (χ0) is 23.4. The molecule has 33 heavy (non-hydrogen) atoms. The largest absolute Gasteiger partial charge is 0.503 e. The molecule has 1 aliphatic rings. The number of hydrogen-bond acceptors (Lipinski definition) is 7. The number of aromatic nitrogens is 1. The maximum atomic E-state index is 13.4. The Bertz CT molecular complexity index is 1070. The molecule has 1 saturated heterocycles. The van der Waals surface area contributed by atoms with E-state index in [0.29, 0.717) is 12.2 Å². The van der Waals surface area contributed by atoms with Gasteiger partial charge >= 0.3 is 6.09 Å². The number of nitrogens with zero attached hydrogens (tertiary/aromatic N) is 1. The Balaban J connectivity index is 1.29. The van der Waals surface area contributed by atoms with E-state index in [1.807, 2.05) is 24.3 Å². The summed E-state index contributed by atoms with van der Waals surface area (Å²) in [4.78, 5) is 16.1. The highest BCUT2D eigenvalue weighted by Crippen LogP contribution is 2.23. The Morgan fingerprint density at radius 3 is 2.61 bits per heavy atom. The van der Waals surface area contributed by atoms with Crippen LogP contribution in [0.25, 0.3) is 11.3 Å². The lowest BCUT2D eigenvalue weighted by atomic mass is 10.00. The number of carbonyl (C=O) groups excluding carboxylic acids is 1. The Hall–Kier alpha value is -3.50. The van der Waals surface area contributed by atoms with E-state index < -0.39 is 35.7 Å². The van der Waals surface area contributed by atoms with E-state index in [1.54, 1.807) is 6.20 Å². The molecule has 0 unspecified atom stereocenters. The van der Waals surface area contributed by atoms with Crippen molar-refractivity contribution in [2.24, 2.45) is 0 Å². The van der Waals surface area contributed by atoms with Gasteiger partial charge in [0.1, 0.15) is 12.2 Å². The Morgan fingerprint density at radius 1 is 1.21 bits per heavy atom. The average molecular weight is 459 g/mol. The topological polar surface area (TPSA) is 117 Å². The number of carbonyl (C=O) groups is 1. The fraction of sp³-hybridized carbons (Fsp3) is 0.304. The molecule has 0 aliphatic carbocycles. The summed E-state index contributed by atoms with van der Waals surface area (Å²) < 4.78 is 37.5. The third kappa shape index (κ3) is 5.47. The number of hydrogen-bond donors (Lipinski definition) is 4. The Labute approximate surface area is 188 Å². The molecule has 1 aliphatic heterocycles. The van der Waals surface area contributed by atoms with Crippen molar-refractivity contribution >= 4 is 6.09 Å². The molecule has 3 aromatic rings. The molecule has 10 heteroatoms. The van der Waals surface area contributed by atoms with Gasteiger partial charge in [-0.3, -0.25) is 0 Å². The number of aliphatic hydroxyl groups excluding tert-OH is 1. The van der Waals surface area contributed by atoms with Crippen molar-refractivity contribution in [1.82, 2.24) is 15.6 Å². The van der Waals surface area contributed by atoms with E-state index in [2.05, 4.69) is 15.6 Å². The van der Waals surface area contributed by atoms with Crippen LogP contribution < -0.4 is 10.6 Å². The molecule has 1 fully saturated rings. The van der Waals surface area contributed by atoms with Crippen LogP contribution in [0.2, 0.25) is 0 Å². The zero-order valence-corrected chi connectivity index (χ0v) is 17.5. The lowest BCUT2D eigenvalue weighted by Gasteiger charge is -2.22. The molecule has 1 aromatic heterocycles. The second-order valence-electron chi connectivity index (χ2n) is 7.80. The summed E-state index contributed by atoms with van der Waals surface area (Å²) >= 11 is 0. The predicted molar refractivity (Wildman–Crippen MR) is 113 cm³/mol. The molecule has 1 amide bonds. The molecular formula is C23H23F2N3O5. The molecule has 3 atom stereocenters. The molecule has 4 N–H and O–H groups in total. The summed E-state index contributed by atoms with van der Waals surface area (Å²) in [7, 11) is 0. The van der Waals surface area contributed by atoms with Gasteiger partial charge in [-0.05, 0) is 36.1 Å². The third-order valence-corrected chi connectivity index (χ3v) is 5.49. The highest BCUT2D eigenvalue weighted by molar-refractivity contribution is 5.67. The number of benzene rings is 2. The highest BCUT2D eigenvalue weighted by atomic mass is 19.1. The van der Waals surface area contributed by atoms with E-state index in [1.165, 1.54) is 6.39 Å². The first kappa shape index (κ1) is 22.7. The number of halogens is 2. The molecule has 0 radical (unpaired) electrons. The van der Waals surface area contributed by atoms with E-state index in [-0.39, 0.29) is 31.1 Å². The minimum Gasteiger partial charge on any atom is -0.503 e. The van der Waals surface area contributed by atoms with Crippen LogP contribution in [0.15, 0.2) is 53.4 Å². The van der Waals surface area contributed by atoms with Crippen LogP contribution in [0, 0.1) is 11.6 Å². The number of ether oxygens (including phenoxy) is 1. The molecule has 0 saturated carbocycles. The van der Waals surface area contributed by atoms with Crippen molar-refractivity contribution < 1.29 is 32.9 Å². The molecule has 4 rings (SSSR count). The minimum absolute atomic E-state index is 0.0620. The first-order valence-electron chi connectivity index (χ1n) is 10.4. The second-order valence-corrected chi connectivity index (χ2v) is 7.80. The molecule has 0 spiro atoms. The van der Waals surface area contributed by atoms with Crippen LogP contribution in [0.1, 0.15) is 11.1 Å². The summed E-state index contributed by atoms with van der Waals surface area (Å²) in [5.74, 6) is -2.51. The number of rotatable bonds is 7. The summed E-state index contributed by atoms with van der Waals surface area (Å²) in [6.07, 6.45) is 1.28. The van der Waals surface area contributed by atoms with Gasteiger partial charge in [0.15, 0.2) is 29.5 Å². The maximum absolute atomic E-state index is 13.4. The Morgan fingerprint density at radius 2 is 1.94 bits per heavy atom. The van der Waals surface area contributed by atoms with Crippen molar-refractivity contribution in [3.05, 3.63) is 71.8 Å². The van der Waals surface area contributed by atoms with E-state index in [0.717, 1.165) is 23.3 Å². The van der Waals surface area contributed by atoms with Crippen molar-refractivity contribution in [2.45, 2.75) is 31.1 Å². The maximum Gasteiger partial charge on any atom is 0.407 e. The number of β-amino-alcohol motifs (C(OH)–C–C–N with tert-alkyl or cyclic N) is 1. The number of nitrogens with one attached hydrogen (secondary N) is 2. The van der Waals surface area contributed by atoms with Gasteiger partial charge in [0.2, 0.25) is 0 Å². The van der Waals surface area contributed by atoms with Crippen molar-refractivity contribution in [3.63, 3.8) is 0 Å². The molecule has 8 nitrogen and oxygen atoms in total. The quantitative estimate of drug-likeness (QED) is 0.429. The second kappa shape index (κ2) is 9.97. The number of amides is 1. The van der Waals surface area contributed by atoms with Crippen molar-refractivity contribution in [3.8, 4) is 17.1 Å². The monoisotopic (exact) mass is 459 g/mol. The van der Waals surface area contributed by atoms with E-state index in [9.17, 15) is 18.7 Å². The smallest absolute Gasteiger partial charge is 0.407 e. The fourth-order valence-corrected chi connectivity index (χ4v) is 3.78. The summed E-state index contributed by atoms with van der Waals surface area (Å²) in [5, 5.41) is 25.1. The van der Waals surface area contributed by atoms with E-state index in [4.69, 9.17) is 14.3 Å². The molecular weight excluding hydrogens is 436 g/mol. The number of phenolic OH excluding ortho intramolecular Hbond substituents is 1. The SMILES string of the molecule is O=C(NCCc1cc(F)c(O)c(F)c1)O[C@@H]1[C@@H](O)CN[C@@H]1Cc1ccc(-c2cnco2)cc1. The standard InChI is InChI=1S/C23H23F2N3O5/c24-16-7-14(8-17(25)21(16)30)5-6-27-23(31)33-22-18(28-10-19(22)29)9-13-1-3-15(4-2-13)20-11-26-12-32-20/h1-4,7-8,11-12,18-19,22,28-30H,5-6,9-10H2,(H,27,31)/t18-,19+,22+/m1/s1. The zero-order valence-electron chi connectivity index (χ0n) is 17.5. The number of alkyl carbamates (subject to hydrolysis) is 1. The van der Waals surface area contributed by atoms with Crippen LogP contribution >= 0.6 is 0 Å². The minimum atomic E-state index is -1.07. The fourth-order valence-electron chi connectivity index (χ4n) is 3.78. The van der Waals surface area contributed by atoms with Crippen LogP contribution in [-0.2, 0) is 17.6 Å². The molecule has 2 heterocycles. The van der Waals surface area contributed by atoms with Gasteiger partial charge in [0.25, 0.3) is 0 Å². The number of phenols is 1. The van der Waals surface area contributed by atoms with Gasteiger partial charge < -0.3 is 30.0 Å². The predicted octanol–water partition coefficient (Wildman–Crippen LogP) is 2.54. The third-order valence-electron chi connectivity index (χ3n) is 5.49. The summed E-state index contributed by atoms with van der Waals surface area (Å²) in [5.41, 5.74) is 2.14. The number of oxazole rings is 1. The van der Waals surface area contributed by atoms with Gasteiger partial charge in [-0.1, -0.05) is 24.3 Å². The average Bonchev–Trinajstić information content (AvgIpc) is 3.44. The molecule has 0 bridgehead atoms. The van der Waals surface area contributed by atoms with Gasteiger partial charge in [-0.15, -0.1) is 0 Å². The van der Waals surface area contributed by atoms with Gasteiger partial charge in [-0.2, -0.15) is 0 Å². The molecule has 174 valence electrons. The first-order valence-corrected chi connectivity index (χ1v) is 10.4. The van der Waals surface area contributed by atoms with Crippen LogP contribution in [0.5, 0.6) is 5.75 Å². The first-order chi connectivity index (χ1) is 15.9. The van der Waals surface area contributed by atoms with Crippen LogP contribution in [-0.4, -0.2) is 52.6 Å². The van der Waals surface area contributed by atoms with Crippen LogP contribution in [0.4, 0.5) is 13.6 Å². The summed E-state index contributed by atoms with van der Waals surface area (Å²) in [6.45, 7) is 0.345. The summed E-state index contributed by atoms with van der Waals surface area (Å²) in [6, 6.07) is 9.37. The Kier molecular flexibility index (Phi) is 6.85. The number of aromatic hydroxyl groups is 1. The van der Waals surface area contributed by atoms with Crippen molar-refractivity contribution in [2.75, 3.05) is 13.1 Å². The van der Waals surface area contributed by atoms with Crippen LogP contribution in [0.3, 0.4) is 0 Å². The van der Waals surface area contributed by atoms with Gasteiger partial charge in [0.05, 0.1) is 12.2 Å². The molecule has 2 aromatic carbocycles. The van der Waals surface area contributed by atoms with E-state index >= 15 is 0 Å². The number of aliphatic hydroxyl groups is 1. The van der Waals surface area contributed by atoms with Gasteiger partial charge in [-0.25, -0.2) is 18.6 Å². The highest BCUT2D eigenvalue weighted by Gasteiger charge is 2.37. The lowest BCUT2D eigenvalue weighted by molar-refractivity contribution is 0.0191.